The van der Waals surface area contributed by atoms with Crippen LogP contribution >= 0.6 is 0 Å². The quantitative estimate of drug-likeness (QED) is 0.500. The maximum Gasteiger partial charge on any atom is -0.0334 e. The minimum atomic E-state index is 0.625. The molecule has 0 nitrogen and oxygen atoms in total. The Morgan fingerprint density at radius 3 is 1.06 bits per heavy atom. The van der Waals surface area contributed by atoms with Crippen LogP contribution < -0.4 is 0 Å². The highest BCUT2D eigenvalue weighted by Gasteiger charge is 2.15. The zero-order valence-electron chi connectivity index (χ0n) is 13.2. The van der Waals surface area contributed by atoms with E-state index in [1.165, 1.54) is 32.1 Å². The van der Waals surface area contributed by atoms with E-state index >= 15 is 0 Å². The predicted molar refractivity (Wildman–Crippen MR) is 77.9 cm³/mol. The van der Waals surface area contributed by atoms with Crippen molar-refractivity contribution in [3.05, 3.63) is 0 Å². The Bertz CT molecular complexity index is 119. The molecule has 0 saturated heterocycles. The SMILES string of the molecule is CCC(C)(CC)CC.CCC(CC)C(C)C. The van der Waals surface area contributed by atoms with E-state index in [9.17, 15) is 0 Å². The van der Waals surface area contributed by atoms with Gasteiger partial charge in [0.15, 0.2) is 0 Å². The minimum absolute atomic E-state index is 0.625. The molecule has 16 heavy (non-hydrogen) atoms. The molecule has 0 bridgehead atoms. The molecular weight excluding hydrogens is 192 g/mol. The largest absolute Gasteiger partial charge is 0.0651 e. The van der Waals surface area contributed by atoms with Gasteiger partial charge >= 0.3 is 0 Å². The molecule has 0 spiro atoms. The Labute approximate surface area is 105 Å². The Morgan fingerprint density at radius 1 is 0.750 bits per heavy atom. The second kappa shape index (κ2) is 10.2. The van der Waals surface area contributed by atoms with Crippen molar-refractivity contribution in [2.75, 3.05) is 0 Å². The lowest BCUT2D eigenvalue weighted by Gasteiger charge is -2.23. The lowest BCUT2D eigenvalue weighted by Crippen LogP contribution is -2.10. The van der Waals surface area contributed by atoms with Gasteiger partial charge in [0.05, 0.1) is 0 Å². The Balaban J connectivity index is 0. The van der Waals surface area contributed by atoms with Crippen molar-refractivity contribution in [3.63, 3.8) is 0 Å². The van der Waals surface area contributed by atoms with Gasteiger partial charge in [0.1, 0.15) is 0 Å². The van der Waals surface area contributed by atoms with Crippen molar-refractivity contribution >= 4 is 0 Å². The first-order valence-corrected chi connectivity index (χ1v) is 7.40. The third kappa shape index (κ3) is 8.19. The van der Waals surface area contributed by atoms with E-state index in [4.69, 9.17) is 0 Å². The van der Waals surface area contributed by atoms with Crippen LogP contribution in [0.1, 0.15) is 87.5 Å². The highest BCUT2D eigenvalue weighted by atomic mass is 14.2. The third-order valence-electron chi connectivity index (χ3n) is 4.55. The van der Waals surface area contributed by atoms with Crippen LogP contribution in [0.4, 0.5) is 0 Å². The van der Waals surface area contributed by atoms with Gasteiger partial charge in [-0.15, -0.1) is 0 Å². The van der Waals surface area contributed by atoms with Crippen molar-refractivity contribution in [2.24, 2.45) is 17.3 Å². The molecule has 0 aliphatic carbocycles. The molecular formula is C16H36. The van der Waals surface area contributed by atoms with Crippen LogP contribution in [-0.2, 0) is 0 Å². The summed E-state index contributed by atoms with van der Waals surface area (Å²) >= 11 is 0. The van der Waals surface area contributed by atoms with Gasteiger partial charge in [0, 0.05) is 0 Å². The molecule has 0 amide bonds. The highest BCUT2D eigenvalue weighted by Crippen LogP contribution is 2.28. The molecule has 0 heterocycles. The lowest BCUT2D eigenvalue weighted by molar-refractivity contribution is 0.286. The summed E-state index contributed by atoms with van der Waals surface area (Å²) in [6, 6.07) is 0. The zero-order valence-corrected chi connectivity index (χ0v) is 13.2. The maximum atomic E-state index is 2.35. The summed E-state index contributed by atoms with van der Waals surface area (Å²) in [5.41, 5.74) is 0.625. The summed E-state index contributed by atoms with van der Waals surface area (Å²) in [5, 5.41) is 0. The molecule has 0 aliphatic rings. The van der Waals surface area contributed by atoms with Crippen LogP contribution in [0.2, 0.25) is 0 Å². The van der Waals surface area contributed by atoms with Crippen LogP contribution in [0.15, 0.2) is 0 Å². The molecule has 0 unspecified atom stereocenters. The van der Waals surface area contributed by atoms with Crippen molar-refractivity contribution < 1.29 is 0 Å². The Hall–Kier alpha value is 0. The molecule has 0 atom stereocenters. The zero-order chi connectivity index (χ0) is 13.2. The fourth-order valence-electron chi connectivity index (χ4n) is 1.98. The second-order valence-electron chi connectivity index (χ2n) is 5.69. The second-order valence-corrected chi connectivity index (χ2v) is 5.69. The topological polar surface area (TPSA) is 0 Å². The van der Waals surface area contributed by atoms with E-state index in [1.807, 2.05) is 0 Å². The first-order valence-electron chi connectivity index (χ1n) is 7.40. The van der Waals surface area contributed by atoms with Gasteiger partial charge in [-0.1, -0.05) is 87.5 Å². The van der Waals surface area contributed by atoms with Crippen LogP contribution in [0, 0.1) is 17.3 Å². The van der Waals surface area contributed by atoms with Gasteiger partial charge < -0.3 is 0 Å². The molecule has 0 rings (SSSR count). The van der Waals surface area contributed by atoms with Crippen molar-refractivity contribution in [2.45, 2.75) is 87.5 Å². The molecule has 0 aromatic rings. The maximum absolute atomic E-state index is 2.35. The molecule has 100 valence electrons. The van der Waals surface area contributed by atoms with Crippen LogP contribution in [0.5, 0.6) is 0 Å². The van der Waals surface area contributed by atoms with Crippen LogP contribution in [0.25, 0.3) is 0 Å². The van der Waals surface area contributed by atoms with E-state index in [0.29, 0.717) is 5.41 Å². The smallest absolute Gasteiger partial charge is 0.0334 e. The summed E-state index contributed by atoms with van der Waals surface area (Å²) < 4.78 is 0. The van der Waals surface area contributed by atoms with Gasteiger partial charge in [-0.2, -0.15) is 0 Å². The molecule has 0 saturated carbocycles. The summed E-state index contributed by atoms with van der Waals surface area (Å²) in [6.45, 7) is 18.3. The summed E-state index contributed by atoms with van der Waals surface area (Å²) in [6.07, 6.45) is 6.64. The molecule has 0 aromatic carbocycles. The van der Waals surface area contributed by atoms with E-state index in [-0.39, 0.29) is 0 Å². The van der Waals surface area contributed by atoms with Gasteiger partial charge in [0.25, 0.3) is 0 Å². The van der Waals surface area contributed by atoms with E-state index in [1.54, 1.807) is 0 Å². The third-order valence-corrected chi connectivity index (χ3v) is 4.55. The van der Waals surface area contributed by atoms with E-state index in [2.05, 4.69) is 55.4 Å². The number of hydrogen-bond donors (Lipinski definition) is 0. The Kier molecular flexibility index (Phi) is 11.7. The lowest BCUT2D eigenvalue weighted by atomic mass is 9.82. The fourth-order valence-corrected chi connectivity index (χ4v) is 1.98. The highest BCUT2D eigenvalue weighted by molar-refractivity contribution is 4.67. The van der Waals surface area contributed by atoms with Crippen molar-refractivity contribution in [3.8, 4) is 0 Å². The Morgan fingerprint density at radius 2 is 1.06 bits per heavy atom. The minimum Gasteiger partial charge on any atom is -0.0651 e. The van der Waals surface area contributed by atoms with Gasteiger partial charge in [-0.3, -0.25) is 0 Å². The van der Waals surface area contributed by atoms with Crippen LogP contribution in [0.3, 0.4) is 0 Å². The van der Waals surface area contributed by atoms with Gasteiger partial charge in [-0.25, -0.2) is 0 Å². The first kappa shape index (κ1) is 18.4. The molecule has 0 radical (unpaired) electrons. The average molecular weight is 228 g/mol. The monoisotopic (exact) mass is 228 g/mol. The fraction of sp³-hybridized carbons (Fsp3) is 1.00. The molecule has 0 aromatic heterocycles. The normalized spacial score (nSPS) is 11.6. The van der Waals surface area contributed by atoms with Gasteiger partial charge in [0.2, 0.25) is 0 Å². The van der Waals surface area contributed by atoms with Crippen LogP contribution in [-0.4, -0.2) is 0 Å². The molecule has 0 N–H and O–H groups in total. The summed E-state index contributed by atoms with van der Waals surface area (Å²) in [4.78, 5) is 0. The number of rotatable bonds is 6. The number of hydrogen-bond acceptors (Lipinski definition) is 0. The van der Waals surface area contributed by atoms with E-state index in [0.717, 1.165) is 11.8 Å². The summed E-state index contributed by atoms with van der Waals surface area (Å²) in [7, 11) is 0. The van der Waals surface area contributed by atoms with Crippen molar-refractivity contribution in [1.29, 1.82) is 0 Å². The molecule has 0 aliphatic heterocycles. The summed E-state index contributed by atoms with van der Waals surface area (Å²) in [5.74, 6) is 1.83. The molecule has 0 heteroatoms. The first-order chi connectivity index (χ1) is 7.40. The van der Waals surface area contributed by atoms with Crippen molar-refractivity contribution in [1.82, 2.24) is 0 Å². The predicted octanol–water partition coefficient (Wildman–Crippen LogP) is 6.30. The standard InChI is InChI=1S/2C8H18/c1-5-8(4,6-2)7-3;1-5-8(6-2)7(3)4/h5-7H2,1-4H3;7-8H,5-6H2,1-4H3. The van der Waals surface area contributed by atoms with Gasteiger partial charge in [-0.05, 0) is 17.3 Å². The average Bonchev–Trinajstić information content (AvgIpc) is 2.30. The van der Waals surface area contributed by atoms with E-state index < -0.39 is 0 Å². The molecule has 0 fully saturated rings.